The van der Waals surface area contributed by atoms with E-state index >= 15 is 0 Å². The van der Waals surface area contributed by atoms with Crippen molar-refractivity contribution >= 4 is 35.8 Å². The van der Waals surface area contributed by atoms with Crippen molar-refractivity contribution in [1.82, 2.24) is 15.5 Å². The quantitative estimate of drug-likeness (QED) is 0.396. The van der Waals surface area contributed by atoms with Crippen LogP contribution < -0.4 is 10.6 Å². The summed E-state index contributed by atoms with van der Waals surface area (Å²) >= 11 is 0. The zero-order valence-electron chi connectivity index (χ0n) is 15.8. The van der Waals surface area contributed by atoms with Gasteiger partial charge in [-0.25, -0.2) is 8.78 Å². The zero-order valence-corrected chi connectivity index (χ0v) is 18.1. The number of benzene rings is 1. The van der Waals surface area contributed by atoms with Crippen molar-refractivity contribution in [3.63, 3.8) is 0 Å². The van der Waals surface area contributed by atoms with Crippen LogP contribution in [-0.4, -0.2) is 49.0 Å². The molecule has 0 saturated heterocycles. The summed E-state index contributed by atoms with van der Waals surface area (Å²) in [5.41, 5.74) is -0.192. The molecule has 1 aliphatic rings. The van der Waals surface area contributed by atoms with Gasteiger partial charge >= 0.3 is 0 Å². The third-order valence-corrected chi connectivity index (χ3v) is 3.94. The summed E-state index contributed by atoms with van der Waals surface area (Å²) < 4.78 is 27.7. The van der Waals surface area contributed by atoms with E-state index in [1.54, 1.807) is 19.0 Å². The summed E-state index contributed by atoms with van der Waals surface area (Å²) in [5, 5.41) is 6.06. The Morgan fingerprint density at radius 1 is 1.31 bits per heavy atom. The largest absolute Gasteiger partial charge is 0.353 e. The summed E-state index contributed by atoms with van der Waals surface area (Å²) in [7, 11) is 3.36. The Morgan fingerprint density at radius 3 is 2.38 bits per heavy atom. The van der Waals surface area contributed by atoms with Crippen LogP contribution in [0, 0.1) is 11.6 Å². The number of hydrogen-bond donors (Lipinski definition) is 2. The molecule has 26 heavy (non-hydrogen) atoms. The Labute approximate surface area is 170 Å². The van der Waals surface area contributed by atoms with Gasteiger partial charge in [0, 0.05) is 37.2 Å². The van der Waals surface area contributed by atoms with Gasteiger partial charge < -0.3 is 15.5 Å². The standard InChI is InChI=1S/C18H26F2N4O.HI/c1-18(2,3)23-15(25)10-24(5)17(21-4)22-14-9-11(14)16-12(19)7-6-8-13(16)20;/h6-8,11,14H,9-10H2,1-5H3,(H,21,22)(H,23,25);1H. The van der Waals surface area contributed by atoms with E-state index in [9.17, 15) is 13.6 Å². The lowest BCUT2D eigenvalue weighted by atomic mass is 10.1. The Bertz CT molecular complexity index is 655. The van der Waals surface area contributed by atoms with Gasteiger partial charge in [-0.1, -0.05) is 6.07 Å². The number of amides is 1. The molecule has 0 radical (unpaired) electrons. The molecule has 1 aromatic carbocycles. The smallest absolute Gasteiger partial charge is 0.240 e. The molecule has 2 unspecified atom stereocenters. The topological polar surface area (TPSA) is 56.7 Å². The maximum Gasteiger partial charge on any atom is 0.240 e. The first-order valence-corrected chi connectivity index (χ1v) is 8.31. The fourth-order valence-electron chi connectivity index (χ4n) is 2.80. The van der Waals surface area contributed by atoms with Crippen molar-refractivity contribution in [2.45, 2.75) is 44.7 Å². The highest BCUT2D eigenvalue weighted by Crippen LogP contribution is 2.43. The minimum absolute atomic E-state index is 0. The first kappa shape index (κ1) is 22.6. The molecule has 146 valence electrons. The van der Waals surface area contributed by atoms with Gasteiger partial charge in [0.15, 0.2) is 5.96 Å². The molecule has 2 rings (SSSR count). The number of carbonyl (C=O) groups excluding carboxylic acids is 1. The molecule has 1 saturated carbocycles. The van der Waals surface area contributed by atoms with Gasteiger partial charge in [-0.2, -0.15) is 0 Å². The molecule has 0 aliphatic heterocycles. The van der Waals surface area contributed by atoms with Crippen LogP contribution >= 0.6 is 24.0 Å². The highest BCUT2D eigenvalue weighted by Gasteiger charge is 2.42. The van der Waals surface area contributed by atoms with Gasteiger partial charge in [0.25, 0.3) is 0 Å². The molecular formula is C18H27F2IN4O. The van der Waals surface area contributed by atoms with Gasteiger partial charge in [0.1, 0.15) is 11.6 Å². The molecule has 1 amide bonds. The van der Waals surface area contributed by atoms with E-state index in [2.05, 4.69) is 15.6 Å². The second-order valence-corrected chi connectivity index (χ2v) is 7.43. The van der Waals surface area contributed by atoms with Crippen molar-refractivity contribution in [3.05, 3.63) is 35.4 Å². The molecule has 0 heterocycles. The van der Waals surface area contributed by atoms with Crippen LogP contribution in [0.1, 0.15) is 38.7 Å². The highest BCUT2D eigenvalue weighted by molar-refractivity contribution is 14.0. The number of likely N-dealkylation sites (N-methyl/N-ethyl adjacent to an activating group) is 1. The molecule has 2 atom stereocenters. The van der Waals surface area contributed by atoms with Crippen molar-refractivity contribution in [3.8, 4) is 0 Å². The fraction of sp³-hybridized carbons (Fsp3) is 0.556. The maximum atomic E-state index is 13.9. The molecule has 0 aromatic heterocycles. The third-order valence-electron chi connectivity index (χ3n) is 3.94. The van der Waals surface area contributed by atoms with E-state index in [0.29, 0.717) is 12.4 Å². The number of hydrogen-bond acceptors (Lipinski definition) is 2. The second-order valence-electron chi connectivity index (χ2n) is 7.43. The van der Waals surface area contributed by atoms with Gasteiger partial charge in [-0.15, -0.1) is 24.0 Å². The van der Waals surface area contributed by atoms with E-state index < -0.39 is 11.6 Å². The molecule has 8 heteroatoms. The second kappa shape index (κ2) is 8.96. The van der Waals surface area contributed by atoms with Crippen LogP contribution in [0.25, 0.3) is 0 Å². The van der Waals surface area contributed by atoms with Crippen molar-refractivity contribution in [2.75, 3.05) is 20.6 Å². The van der Waals surface area contributed by atoms with Crippen LogP contribution in [0.4, 0.5) is 8.78 Å². The van der Waals surface area contributed by atoms with E-state index in [4.69, 9.17) is 0 Å². The first-order chi connectivity index (χ1) is 11.6. The SMILES string of the molecule is CN=C(NC1CC1c1c(F)cccc1F)N(C)CC(=O)NC(C)(C)C.I. The molecule has 1 aromatic rings. The van der Waals surface area contributed by atoms with E-state index in [0.717, 1.165) is 0 Å². The molecule has 5 nitrogen and oxygen atoms in total. The summed E-state index contributed by atoms with van der Waals surface area (Å²) in [5.74, 6) is -0.877. The van der Waals surface area contributed by atoms with E-state index in [1.807, 2.05) is 20.8 Å². The number of aliphatic imine (C=N–C) groups is 1. The van der Waals surface area contributed by atoms with Crippen LogP contribution in [0.3, 0.4) is 0 Å². The molecule has 1 aliphatic carbocycles. The minimum atomic E-state index is -0.526. The predicted octanol–water partition coefficient (Wildman–Crippen LogP) is 2.86. The summed E-state index contributed by atoms with van der Waals surface area (Å²) in [6, 6.07) is 3.80. The predicted molar refractivity (Wildman–Crippen MR) is 110 cm³/mol. The number of nitrogens with zero attached hydrogens (tertiary/aromatic N) is 2. The lowest BCUT2D eigenvalue weighted by Crippen LogP contribution is -2.49. The Hall–Kier alpha value is -1.45. The van der Waals surface area contributed by atoms with Gasteiger partial charge in [-0.3, -0.25) is 9.79 Å². The molecule has 0 bridgehead atoms. The van der Waals surface area contributed by atoms with Crippen LogP contribution in [0.2, 0.25) is 0 Å². The normalized spacial score (nSPS) is 19.4. The summed E-state index contributed by atoms with van der Waals surface area (Å²) in [6.45, 7) is 5.88. The lowest BCUT2D eigenvalue weighted by Gasteiger charge is -2.25. The summed E-state index contributed by atoms with van der Waals surface area (Å²) in [4.78, 5) is 17.9. The van der Waals surface area contributed by atoms with Gasteiger partial charge in [0.2, 0.25) is 5.91 Å². The van der Waals surface area contributed by atoms with Crippen molar-refractivity contribution in [1.29, 1.82) is 0 Å². The average Bonchev–Trinajstić information content (AvgIpc) is 3.21. The molecule has 1 fully saturated rings. The molecule has 0 spiro atoms. The number of nitrogens with one attached hydrogen (secondary N) is 2. The van der Waals surface area contributed by atoms with Crippen molar-refractivity contribution in [2.24, 2.45) is 4.99 Å². The zero-order chi connectivity index (χ0) is 18.8. The Morgan fingerprint density at radius 2 is 1.88 bits per heavy atom. The molecular weight excluding hydrogens is 453 g/mol. The number of halogens is 3. The lowest BCUT2D eigenvalue weighted by molar-refractivity contribution is -0.122. The van der Waals surface area contributed by atoms with Crippen LogP contribution in [0.5, 0.6) is 0 Å². The number of rotatable bonds is 4. The number of carbonyl (C=O) groups is 1. The van der Waals surface area contributed by atoms with Crippen LogP contribution in [0.15, 0.2) is 23.2 Å². The van der Waals surface area contributed by atoms with E-state index in [-0.39, 0.29) is 59.5 Å². The minimum Gasteiger partial charge on any atom is -0.353 e. The van der Waals surface area contributed by atoms with Crippen molar-refractivity contribution < 1.29 is 13.6 Å². The average molecular weight is 480 g/mol. The first-order valence-electron chi connectivity index (χ1n) is 8.31. The van der Waals surface area contributed by atoms with Crippen LogP contribution in [-0.2, 0) is 4.79 Å². The third kappa shape index (κ3) is 6.07. The maximum absolute atomic E-state index is 13.9. The molecule has 2 N–H and O–H groups in total. The summed E-state index contributed by atoms with van der Waals surface area (Å²) in [6.07, 6.45) is 0.624. The van der Waals surface area contributed by atoms with E-state index in [1.165, 1.54) is 18.2 Å². The fourth-order valence-corrected chi connectivity index (χ4v) is 2.80. The highest BCUT2D eigenvalue weighted by atomic mass is 127. The Balaban J connectivity index is 0.00000338. The van der Waals surface area contributed by atoms with Gasteiger partial charge in [-0.05, 0) is 39.3 Å². The van der Waals surface area contributed by atoms with Gasteiger partial charge in [0.05, 0.1) is 6.54 Å². The monoisotopic (exact) mass is 480 g/mol. The number of guanidine groups is 1. The Kier molecular flexibility index (Phi) is 7.79.